The first-order chi connectivity index (χ1) is 13.8. The number of hydrogen-bond acceptors (Lipinski definition) is 3. The van der Waals surface area contributed by atoms with Crippen LogP contribution in [0.1, 0.15) is 81.3 Å². The zero-order valence-electron chi connectivity index (χ0n) is 18.5. The number of allylic oxidation sites excluding steroid dienone is 4. The largest absolute Gasteiger partial charge is 0.508 e. The van der Waals surface area contributed by atoms with Crippen molar-refractivity contribution in [2.75, 3.05) is 6.54 Å². The molecule has 1 amide bonds. The number of rotatable bonds is 12. The summed E-state index contributed by atoms with van der Waals surface area (Å²) >= 11 is 0. The molecule has 4 nitrogen and oxygen atoms in total. The molecular weight excluding hydrogens is 362 g/mol. The molecule has 0 radical (unpaired) electrons. The molecule has 0 saturated carbocycles. The van der Waals surface area contributed by atoms with E-state index in [2.05, 4.69) is 38.7 Å². The number of aromatic hydroxyl groups is 2. The molecule has 0 saturated heterocycles. The molecule has 0 bridgehead atoms. The van der Waals surface area contributed by atoms with Crippen LogP contribution in [-0.4, -0.2) is 22.7 Å². The van der Waals surface area contributed by atoms with E-state index in [0.717, 1.165) is 32.1 Å². The third kappa shape index (κ3) is 8.18. The maximum Gasteiger partial charge on any atom is 0.255 e. The minimum absolute atomic E-state index is 0.0441. The van der Waals surface area contributed by atoms with Gasteiger partial charge < -0.3 is 15.5 Å². The van der Waals surface area contributed by atoms with Crippen LogP contribution in [0, 0.1) is 0 Å². The molecule has 0 aliphatic carbocycles. The van der Waals surface area contributed by atoms with E-state index < -0.39 is 0 Å². The Morgan fingerprint density at radius 3 is 2.52 bits per heavy atom. The molecule has 0 fully saturated rings. The predicted molar refractivity (Wildman–Crippen MR) is 122 cm³/mol. The lowest BCUT2D eigenvalue weighted by molar-refractivity contribution is 0.0954. The van der Waals surface area contributed by atoms with Crippen molar-refractivity contribution >= 4 is 5.91 Å². The van der Waals surface area contributed by atoms with E-state index in [4.69, 9.17) is 0 Å². The highest BCUT2D eigenvalue weighted by molar-refractivity contribution is 5.99. The number of aryl methyl sites for hydroxylation is 1. The normalized spacial score (nSPS) is 11.2. The van der Waals surface area contributed by atoms with Crippen LogP contribution in [0.3, 0.4) is 0 Å². The molecule has 1 rings (SSSR count). The number of carbonyl (C=O) groups is 1. The van der Waals surface area contributed by atoms with E-state index in [1.54, 1.807) is 12.1 Å². The molecule has 1 aromatic rings. The van der Waals surface area contributed by atoms with Gasteiger partial charge in [-0.25, -0.2) is 0 Å². The van der Waals surface area contributed by atoms with Gasteiger partial charge in [-0.2, -0.15) is 0 Å². The lowest BCUT2D eigenvalue weighted by Crippen LogP contribution is -2.25. The Kier molecular flexibility index (Phi) is 10.9. The van der Waals surface area contributed by atoms with Gasteiger partial charge in [-0.1, -0.05) is 49.1 Å². The van der Waals surface area contributed by atoms with Gasteiger partial charge in [0.15, 0.2) is 0 Å². The topological polar surface area (TPSA) is 69.6 Å². The van der Waals surface area contributed by atoms with Crippen LogP contribution in [-0.2, 0) is 12.8 Å². The third-order valence-corrected chi connectivity index (χ3v) is 4.89. The Labute approximate surface area is 176 Å². The third-order valence-electron chi connectivity index (χ3n) is 4.89. The number of hydrogen-bond donors (Lipinski definition) is 3. The summed E-state index contributed by atoms with van der Waals surface area (Å²) in [5.41, 5.74) is 3.83. The van der Waals surface area contributed by atoms with Crippen LogP contribution in [0.5, 0.6) is 11.5 Å². The monoisotopic (exact) mass is 399 g/mol. The summed E-state index contributed by atoms with van der Waals surface area (Å²) < 4.78 is 0. The Morgan fingerprint density at radius 2 is 1.90 bits per heavy atom. The van der Waals surface area contributed by atoms with Crippen molar-refractivity contribution in [3.63, 3.8) is 0 Å². The first-order valence-electron chi connectivity index (χ1n) is 10.6. The molecule has 3 N–H and O–H groups in total. The Hall–Kier alpha value is -2.49. The quantitative estimate of drug-likeness (QED) is 0.299. The van der Waals surface area contributed by atoms with Crippen LogP contribution in [0.4, 0.5) is 0 Å². The highest BCUT2D eigenvalue weighted by Gasteiger charge is 2.21. The van der Waals surface area contributed by atoms with Gasteiger partial charge >= 0.3 is 0 Å². The van der Waals surface area contributed by atoms with Gasteiger partial charge in [0.1, 0.15) is 11.5 Å². The van der Waals surface area contributed by atoms with Crippen molar-refractivity contribution in [2.24, 2.45) is 0 Å². The first-order valence-corrected chi connectivity index (χ1v) is 10.6. The van der Waals surface area contributed by atoms with Crippen LogP contribution in [0.2, 0.25) is 0 Å². The molecule has 4 heteroatoms. The molecule has 0 unspecified atom stereocenters. The van der Waals surface area contributed by atoms with Crippen molar-refractivity contribution in [2.45, 2.75) is 72.6 Å². The summed E-state index contributed by atoms with van der Waals surface area (Å²) in [7, 11) is 0. The lowest BCUT2D eigenvalue weighted by Gasteiger charge is -2.16. The summed E-state index contributed by atoms with van der Waals surface area (Å²) in [6.07, 6.45) is 11.7. The summed E-state index contributed by atoms with van der Waals surface area (Å²) in [5.74, 6) is -0.409. The number of benzene rings is 1. The summed E-state index contributed by atoms with van der Waals surface area (Å²) in [4.78, 5) is 12.7. The Bertz CT molecular complexity index is 756. The highest BCUT2D eigenvalue weighted by atomic mass is 16.3. The van der Waals surface area contributed by atoms with E-state index >= 15 is 0 Å². The van der Waals surface area contributed by atoms with Crippen LogP contribution < -0.4 is 5.32 Å². The van der Waals surface area contributed by atoms with Crippen molar-refractivity contribution in [1.82, 2.24) is 5.32 Å². The second kappa shape index (κ2) is 12.9. The summed E-state index contributed by atoms with van der Waals surface area (Å²) in [5, 5.41) is 24.1. The van der Waals surface area contributed by atoms with Crippen molar-refractivity contribution < 1.29 is 15.0 Å². The second-order valence-corrected chi connectivity index (χ2v) is 7.79. The maximum absolute atomic E-state index is 12.7. The molecule has 0 atom stereocenters. The molecule has 1 aromatic carbocycles. The average molecular weight is 400 g/mol. The number of nitrogens with one attached hydrogen (secondary N) is 1. The fourth-order valence-electron chi connectivity index (χ4n) is 3.19. The van der Waals surface area contributed by atoms with Gasteiger partial charge in [0.2, 0.25) is 0 Å². The molecule has 0 aromatic heterocycles. The van der Waals surface area contributed by atoms with E-state index in [1.165, 1.54) is 11.1 Å². The van der Waals surface area contributed by atoms with E-state index in [0.29, 0.717) is 30.5 Å². The highest BCUT2D eigenvalue weighted by Crippen LogP contribution is 2.35. The predicted octanol–water partition coefficient (Wildman–Crippen LogP) is 5.98. The Balaban J connectivity index is 3.15. The minimum Gasteiger partial charge on any atom is -0.508 e. The lowest BCUT2D eigenvalue weighted by atomic mass is 9.94. The number of carbonyl (C=O) groups excluding carboxylic acids is 1. The molecule has 0 heterocycles. The first kappa shape index (κ1) is 24.5. The molecule has 0 spiro atoms. The van der Waals surface area contributed by atoms with Crippen LogP contribution in [0.15, 0.2) is 42.0 Å². The van der Waals surface area contributed by atoms with Gasteiger partial charge in [-0.3, -0.25) is 4.79 Å². The molecular formula is C25H37NO3. The van der Waals surface area contributed by atoms with Crippen LogP contribution in [0.25, 0.3) is 0 Å². The molecule has 0 aliphatic heterocycles. The van der Waals surface area contributed by atoms with Gasteiger partial charge in [-0.15, -0.1) is 6.58 Å². The zero-order valence-corrected chi connectivity index (χ0v) is 18.5. The SMILES string of the molecule is C=CCNC(=O)c1c(CCCCC)cc(O)c(C/C=C(\C)CCC=C(C)C)c1O. The molecule has 29 heavy (non-hydrogen) atoms. The number of unbranched alkanes of at least 4 members (excludes halogenated alkanes) is 2. The number of amides is 1. The average Bonchev–Trinajstić information content (AvgIpc) is 2.65. The van der Waals surface area contributed by atoms with E-state index in [1.807, 2.05) is 13.0 Å². The number of phenolic OH excluding ortho intramolecular Hbond substituents is 2. The van der Waals surface area contributed by atoms with Gasteiger partial charge in [0.25, 0.3) is 5.91 Å². The molecule has 0 aliphatic rings. The maximum atomic E-state index is 12.7. The minimum atomic E-state index is -0.334. The number of phenols is 2. The summed E-state index contributed by atoms with van der Waals surface area (Å²) in [6.45, 7) is 12.3. The second-order valence-electron chi connectivity index (χ2n) is 7.79. The van der Waals surface area contributed by atoms with Crippen molar-refractivity contribution in [1.29, 1.82) is 0 Å². The van der Waals surface area contributed by atoms with E-state index in [9.17, 15) is 15.0 Å². The molecule has 160 valence electrons. The summed E-state index contributed by atoms with van der Waals surface area (Å²) in [6, 6.07) is 1.64. The smallest absolute Gasteiger partial charge is 0.255 e. The van der Waals surface area contributed by atoms with Gasteiger partial charge in [0, 0.05) is 12.1 Å². The zero-order chi connectivity index (χ0) is 21.8. The fraction of sp³-hybridized carbons (Fsp3) is 0.480. The standard InChI is InChI=1S/C25H37NO3/c1-6-8-9-13-20-17-22(27)21(15-14-19(5)12-10-11-18(3)4)24(28)23(20)25(29)26-16-7-2/h7,11,14,17,27-28H,2,6,8-10,12-13,15-16H2,1,3-5H3,(H,26,29)/b19-14+. The van der Waals surface area contributed by atoms with E-state index in [-0.39, 0.29) is 23.0 Å². The van der Waals surface area contributed by atoms with Gasteiger partial charge in [0.05, 0.1) is 5.56 Å². The van der Waals surface area contributed by atoms with Crippen molar-refractivity contribution in [3.8, 4) is 11.5 Å². The van der Waals surface area contributed by atoms with Gasteiger partial charge in [-0.05, 0) is 64.5 Å². The Morgan fingerprint density at radius 1 is 1.17 bits per heavy atom. The fourth-order valence-corrected chi connectivity index (χ4v) is 3.19. The van der Waals surface area contributed by atoms with Crippen LogP contribution >= 0.6 is 0 Å². The van der Waals surface area contributed by atoms with Crippen molar-refractivity contribution in [3.05, 3.63) is 58.7 Å².